The molecule has 20 heavy (non-hydrogen) atoms. The van der Waals surface area contributed by atoms with E-state index in [1.165, 1.54) is 12.2 Å². The van der Waals surface area contributed by atoms with Crippen LogP contribution in [0.1, 0.15) is 31.4 Å². The average molecular weight is 303 g/mol. The number of thioether (sulfide) groups is 1. The van der Waals surface area contributed by atoms with Crippen LogP contribution in [0.3, 0.4) is 0 Å². The summed E-state index contributed by atoms with van der Waals surface area (Å²) in [7, 11) is 0. The van der Waals surface area contributed by atoms with Gasteiger partial charge in [-0.25, -0.2) is 0 Å². The normalized spacial score (nSPS) is 22.8. The molecule has 1 aliphatic rings. The predicted octanol–water partition coefficient (Wildman–Crippen LogP) is 4.33. The van der Waals surface area contributed by atoms with Crippen LogP contribution in [-0.4, -0.2) is 17.5 Å². The summed E-state index contributed by atoms with van der Waals surface area (Å²) in [4.78, 5) is 0. The molecule has 1 nitrogen and oxygen atoms in total. The van der Waals surface area contributed by atoms with E-state index in [1.54, 1.807) is 12.1 Å². The van der Waals surface area contributed by atoms with Crippen molar-refractivity contribution in [3.63, 3.8) is 0 Å². The maximum absolute atomic E-state index is 12.5. The lowest BCUT2D eigenvalue weighted by Crippen LogP contribution is -2.46. The van der Waals surface area contributed by atoms with Crippen molar-refractivity contribution in [3.8, 4) is 0 Å². The van der Waals surface area contributed by atoms with Gasteiger partial charge >= 0.3 is 6.18 Å². The molecule has 0 radical (unpaired) electrons. The minimum atomic E-state index is -4.26. The van der Waals surface area contributed by atoms with Crippen LogP contribution in [0, 0.1) is 5.41 Å². The van der Waals surface area contributed by atoms with Gasteiger partial charge in [0.2, 0.25) is 0 Å². The van der Waals surface area contributed by atoms with Crippen molar-refractivity contribution in [2.45, 2.75) is 39.0 Å². The summed E-state index contributed by atoms with van der Waals surface area (Å²) in [5.74, 6) is 2.25. The number of alkyl halides is 3. The smallest absolute Gasteiger partial charge is 0.309 e. The van der Waals surface area contributed by atoms with Crippen LogP contribution >= 0.6 is 11.8 Å². The third-order valence-electron chi connectivity index (χ3n) is 3.95. The maximum atomic E-state index is 12.5. The molecular weight excluding hydrogens is 283 g/mol. The highest BCUT2D eigenvalue weighted by Gasteiger charge is 2.32. The van der Waals surface area contributed by atoms with Gasteiger partial charge in [0.25, 0.3) is 0 Å². The molecule has 5 heteroatoms. The second-order valence-corrected chi connectivity index (χ2v) is 7.09. The van der Waals surface area contributed by atoms with Gasteiger partial charge in [0, 0.05) is 18.3 Å². The summed E-state index contributed by atoms with van der Waals surface area (Å²) >= 11 is 1.94. The summed E-state index contributed by atoms with van der Waals surface area (Å²) in [5, 5.41) is 3.48. The number of benzene rings is 1. The van der Waals surface area contributed by atoms with E-state index < -0.39 is 11.7 Å². The molecule has 1 atom stereocenters. The molecule has 0 aliphatic carbocycles. The Labute approximate surface area is 122 Å². The zero-order valence-corrected chi connectivity index (χ0v) is 12.6. The number of halogens is 3. The van der Waals surface area contributed by atoms with Crippen molar-refractivity contribution in [2.24, 2.45) is 5.41 Å². The molecule has 1 aromatic carbocycles. The molecule has 0 saturated carbocycles. The van der Waals surface area contributed by atoms with Crippen LogP contribution in [0.15, 0.2) is 24.3 Å². The van der Waals surface area contributed by atoms with E-state index in [-0.39, 0.29) is 5.41 Å². The van der Waals surface area contributed by atoms with Gasteiger partial charge in [-0.3, -0.25) is 0 Å². The zero-order valence-electron chi connectivity index (χ0n) is 11.8. The molecule has 0 bridgehead atoms. The molecule has 1 aliphatic heterocycles. The first kappa shape index (κ1) is 15.7. The molecule has 1 unspecified atom stereocenters. The Bertz CT molecular complexity index is 439. The molecule has 1 fully saturated rings. The number of nitrogens with one attached hydrogen (secondary N) is 1. The average Bonchev–Trinajstić information content (AvgIpc) is 2.36. The van der Waals surface area contributed by atoms with E-state index in [2.05, 4.69) is 19.2 Å². The Kier molecular flexibility index (Phi) is 4.69. The second-order valence-electron chi connectivity index (χ2n) is 5.94. The monoisotopic (exact) mass is 303 g/mol. The summed E-state index contributed by atoms with van der Waals surface area (Å²) in [6.45, 7) is 5.11. The van der Waals surface area contributed by atoms with Crippen molar-refractivity contribution in [1.29, 1.82) is 0 Å². The number of rotatable bonds is 3. The van der Waals surface area contributed by atoms with Crippen LogP contribution in [0.2, 0.25) is 0 Å². The standard InChI is InChI=1S/C15H20F3NS/c1-14(2)7-8-20-10-13(14)19-9-11-3-5-12(6-4-11)15(16,17)18/h3-6,13,19H,7-10H2,1-2H3. The van der Waals surface area contributed by atoms with Crippen molar-refractivity contribution >= 4 is 11.8 Å². The van der Waals surface area contributed by atoms with E-state index in [0.29, 0.717) is 12.6 Å². The highest BCUT2D eigenvalue weighted by Crippen LogP contribution is 2.34. The summed E-state index contributed by atoms with van der Waals surface area (Å²) in [6, 6.07) is 5.82. The van der Waals surface area contributed by atoms with Crippen molar-refractivity contribution < 1.29 is 13.2 Å². The molecule has 1 aromatic rings. The molecular formula is C15H20F3NS. The van der Waals surface area contributed by atoms with Crippen molar-refractivity contribution in [2.75, 3.05) is 11.5 Å². The lowest BCUT2D eigenvalue weighted by molar-refractivity contribution is -0.137. The van der Waals surface area contributed by atoms with Gasteiger partial charge < -0.3 is 5.32 Å². The van der Waals surface area contributed by atoms with E-state index >= 15 is 0 Å². The summed E-state index contributed by atoms with van der Waals surface area (Å²) in [6.07, 6.45) is -3.09. The Morgan fingerprint density at radius 3 is 2.45 bits per heavy atom. The van der Waals surface area contributed by atoms with Gasteiger partial charge in [0.1, 0.15) is 0 Å². The summed E-state index contributed by atoms with van der Waals surface area (Å²) in [5.41, 5.74) is 0.552. The Balaban J connectivity index is 1.94. The van der Waals surface area contributed by atoms with Crippen molar-refractivity contribution in [3.05, 3.63) is 35.4 Å². The third kappa shape index (κ3) is 3.92. The van der Waals surface area contributed by atoms with Crippen LogP contribution in [0.4, 0.5) is 13.2 Å². The lowest BCUT2D eigenvalue weighted by atomic mass is 9.82. The molecule has 0 spiro atoms. The van der Waals surface area contributed by atoms with E-state index in [9.17, 15) is 13.2 Å². The molecule has 1 N–H and O–H groups in total. The minimum Gasteiger partial charge on any atom is -0.309 e. The van der Waals surface area contributed by atoms with Gasteiger partial charge in [-0.2, -0.15) is 24.9 Å². The van der Waals surface area contributed by atoms with Crippen molar-refractivity contribution in [1.82, 2.24) is 5.32 Å². The van der Waals surface area contributed by atoms with Crippen LogP contribution < -0.4 is 5.32 Å². The highest BCUT2D eigenvalue weighted by molar-refractivity contribution is 7.99. The quantitative estimate of drug-likeness (QED) is 0.892. The Hall–Kier alpha value is -0.680. The molecule has 2 rings (SSSR count). The molecule has 1 heterocycles. The second kappa shape index (κ2) is 5.98. The van der Waals surface area contributed by atoms with E-state index in [0.717, 1.165) is 23.4 Å². The first-order chi connectivity index (χ1) is 9.29. The van der Waals surface area contributed by atoms with Gasteiger partial charge in [-0.1, -0.05) is 26.0 Å². The van der Waals surface area contributed by atoms with Crippen LogP contribution in [0.25, 0.3) is 0 Å². The molecule has 112 valence electrons. The molecule has 1 saturated heterocycles. The largest absolute Gasteiger partial charge is 0.416 e. The predicted molar refractivity (Wildman–Crippen MR) is 77.8 cm³/mol. The Morgan fingerprint density at radius 2 is 1.90 bits per heavy atom. The summed E-state index contributed by atoms with van der Waals surface area (Å²) < 4.78 is 37.4. The number of hydrogen-bond donors (Lipinski definition) is 1. The maximum Gasteiger partial charge on any atom is 0.416 e. The van der Waals surface area contributed by atoms with E-state index in [1.807, 2.05) is 11.8 Å². The van der Waals surface area contributed by atoms with Crippen LogP contribution in [0.5, 0.6) is 0 Å². The highest BCUT2D eigenvalue weighted by atomic mass is 32.2. The first-order valence-electron chi connectivity index (χ1n) is 6.76. The lowest BCUT2D eigenvalue weighted by Gasteiger charge is -2.39. The van der Waals surface area contributed by atoms with Gasteiger partial charge in [0.05, 0.1) is 5.56 Å². The fourth-order valence-corrected chi connectivity index (χ4v) is 3.97. The third-order valence-corrected chi connectivity index (χ3v) is 5.01. The first-order valence-corrected chi connectivity index (χ1v) is 7.92. The zero-order chi connectivity index (χ0) is 14.8. The fraction of sp³-hybridized carbons (Fsp3) is 0.600. The SMILES string of the molecule is CC1(C)CCSCC1NCc1ccc(C(F)(F)F)cc1. The minimum absolute atomic E-state index is 0.247. The molecule has 0 aromatic heterocycles. The van der Waals surface area contributed by atoms with Gasteiger partial charge in [-0.15, -0.1) is 0 Å². The molecule has 0 amide bonds. The van der Waals surface area contributed by atoms with E-state index in [4.69, 9.17) is 0 Å². The van der Waals surface area contributed by atoms with Gasteiger partial charge in [0.15, 0.2) is 0 Å². The van der Waals surface area contributed by atoms with Gasteiger partial charge in [-0.05, 0) is 35.3 Å². The van der Waals surface area contributed by atoms with Crippen LogP contribution in [-0.2, 0) is 12.7 Å². The number of hydrogen-bond acceptors (Lipinski definition) is 2. The Morgan fingerprint density at radius 1 is 1.25 bits per heavy atom. The fourth-order valence-electron chi connectivity index (χ4n) is 2.32. The topological polar surface area (TPSA) is 12.0 Å².